The van der Waals surface area contributed by atoms with Crippen molar-refractivity contribution in [2.45, 2.75) is 296 Å². The van der Waals surface area contributed by atoms with Crippen LogP contribution in [0.25, 0.3) is 0 Å². The van der Waals surface area contributed by atoms with Gasteiger partial charge in [0.2, 0.25) is 0 Å². The molecule has 1 heteroatoms. The maximum absolute atomic E-state index is 6.39. The Morgan fingerprint density at radius 3 is 0.588 bits per heavy atom. The Kier molecular flexibility index (Phi) is 45.1. The van der Waals surface area contributed by atoms with Crippen LogP contribution in [0.15, 0.2) is 25.3 Å². The highest BCUT2D eigenvalue weighted by Gasteiger charge is 2.11. The molecule has 0 N–H and O–H groups in total. The summed E-state index contributed by atoms with van der Waals surface area (Å²) in [5.74, 6) is 0. The van der Waals surface area contributed by atoms with Gasteiger partial charge in [-0.2, -0.15) is 0 Å². The molecule has 0 aliphatic carbocycles. The van der Waals surface area contributed by atoms with Crippen LogP contribution in [0.5, 0.6) is 0 Å². The van der Waals surface area contributed by atoms with Crippen LogP contribution in [0.1, 0.15) is 284 Å². The Morgan fingerprint density at radius 2 is 0.431 bits per heavy atom. The zero-order valence-electron chi connectivity index (χ0n) is 35.8. The Balaban J connectivity index is 3.44. The first-order valence-electron chi connectivity index (χ1n) is 24.2. The molecule has 0 amide bonds. The van der Waals surface area contributed by atoms with Gasteiger partial charge in [0.15, 0.2) is 0 Å². The topological polar surface area (TPSA) is 9.23 Å². The summed E-state index contributed by atoms with van der Waals surface area (Å²) in [5.41, 5.74) is 0. The second kappa shape index (κ2) is 45.6. The molecule has 0 saturated carbocycles. The molecule has 0 aromatic rings. The van der Waals surface area contributed by atoms with Gasteiger partial charge >= 0.3 is 0 Å². The van der Waals surface area contributed by atoms with Crippen LogP contribution in [-0.2, 0) is 4.74 Å². The Hall–Kier alpha value is -0.560. The highest BCUT2D eigenvalue weighted by molar-refractivity contribution is 4.86. The molecule has 304 valence electrons. The summed E-state index contributed by atoms with van der Waals surface area (Å²) in [7, 11) is 0. The van der Waals surface area contributed by atoms with Gasteiger partial charge in [0, 0.05) is 0 Å². The van der Waals surface area contributed by atoms with E-state index in [9.17, 15) is 0 Å². The van der Waals surface area contributed by atoms with Gasteiger partial charge in [-0.15, -0.1) is 13.2 Å². The van der Waals surface area contributed by atoms with Gasteiger partial charge in [-0.1, -0.05) is 283 Å². The van der Waals surface area contributed by atoms with Gasteiger partial charge in [0.05, 0.1) is 12.2 Å². The van der Waals surface area contributed by atoms with Crippen LogP contribution in [0, 0.1) is 0 Å². The van der Waals surface area contributed by atoms with Crippen LogP contribution < -0.4 is 0 Å². The van der Waals surface area contributed by atoms with Crippen molar-refractivity contribution in [1.82, 2.24) is 0 Å². The van der Waals surface area contributed by atoms with E-state index in [1.165, 1.54) is 257 Å². The first-order chi connectivity index (χ1) is 25.3. The predicted octanol–water partition coefficient (Wildman–Crippen LogP) is 18.5. The van der Waals surface area contributed by atoms with Gasteiger partial charge in [-0.25, -0.2) is 0 Å². The number of unbranched alkanes of at least 4 members (excludes halogenated alkanes) is 38. The fourth-order valence-corrected chi connectivity index (χ4v) is 7.91. The lowest BCUT2D eigenvalue weighted by Crippen LogP contribution is -2.19. The van der Waals surface area contributed by atoms with E-state index in [0.29, 0.717) is 0 Å². The van der Waals surface area contributed by atoms with E-state index in [-0.39, 0.29) is 12.2 Å². The summed E-state index contributed by atoms with van der Waals surface area (Å²) in [6.07, 6.45) is 64.0. The van der Waals surface area contributed by atoms with Crippen molar-refractivity contribution >= 4 is 0 Å². The Labute approximate surface area is 324 Å². The predicted molar refractivity (Wildman–Crippen MR) is 234 cm³/mol. The minimum absolute atomic E-state index is 0.189. The molecule has 0 fully saturated rings. The minimum atomic E-state index is 0.189. The first-order valence-corrected chi connectivity index (χ1v) is 24.2. The van der Waals surface area contributed by atoms with Crippen molar-refractivity contribution < 1.29 is 4.74 Å². The lowest BCUT2D eigenvalue weighted by molar-refractivity contribution is 0.0299. The second-order valence-corrected chi connectivity index (χ2v) is 16.7. The molecule has 0 aliphatic heterocycles. The van der Waals surface area contributed by atoms with Crippen LogP contribution in [0.4, 0.5) is 0 Å². The van der Waals surface area contributed by atoms with Gasteiger partial charge in [0.25, 0.3) is 0 Å². The highest BCUT2D eigenvalue weighted by atomic mass is 16.5. The molecule has 0 spiro atoms. The van der Waals surface area contributed by atoms with Crippen molar-refractivity contribution in [2.75, 3.05) is 0 Å². The zero-order chi connectivity index (χ0) is 37.0. The monoisotopic (exact) mass is 715 g/mol. The van der Waals surface area contributed by atoms with Crippen molar-refractivity contribution in [1.29, 1.82) is 0 Å². The maximum Gasteiger partial charge on any atom is 0.0761 e. The number of ether oxygens (including phenoxy) is 1. The molecule has 0 aromatic carbocycles. The van der Waals surface area contributed by atoms with Crippen molar-refractivity contribution in [2.24, 2.45) is 0 Å². The Morgan fingerprint density at radius 1 is 0.275 bits per heavy atom. The molecule has 0 aromatic heterocycles. The fourth-order valence-electron chi connectivity index (χ4n) is 7.91. The largest absolute Gasteiger partial charge is 0.367 e. The summed E-state index contributed by atoms with van der Waals surface area (Å²) in [6.45, 7) is 12.8. The van der Waals surface area contributed by atoms with Gasteiger partial charge in [-0.3, -0.25) is 0 Å². The molecular weight excluding hydrogens is 617 g/mol. The third-order valence-corrected chi connectivity index (χ3v) is 11.6. The van der Waals surface area contributed by atoms with E-state index in [2.05, 4.69) is 27.0 Å². The third kappa shape index (κ3) is 42.0. The van der Waals surface area contributed by atoms with Crippen LogP contribution >= 0.6 is 0 Å². The number of hydrogen-bond acceptors (Lipinski definition) is 1. The Bertz CT molecular complexity index is 585. The summed E-state index contributed by atoms with van der Waals surface area (Å²) >= 11 is 0. The van der Waals surface area contributed by atoms with Gasteiger partial charge < -0.3 is 4.74 Å². The van der Waals surface area contributed by atoms with Crippen LogP contribution in [0.3, 0.4) is 0 Å². The lowest BCUT2D eigenvalue weighted by Gasteiger charge is -2.20. The molecule has 51 heavy (non-hydrogen) atoms. The second-order valence-electron chi connectivity index (χ2n) is 16.7. The van der Waals surface area contributed by atoms with E-state index < -0.39 is 0 Å². The average Bonchev–Trinajstić information content (AvgIpc) is 3.15. The molecule has 0 saturated heterocycles. The quantitative estimate of drug-likeness (QED) is 0.0450. The summed E-state index contributed by atoms with van der Waals surface area (Å²) < 4.78 is 6.39. The van der Waals surface area contributed by atoms with Gasteiger partial charge in [0.1, 0.15) is 0 Å². The molecule has 0 bridgehead atoms. The van der Waals surface area contributed by atoms with Crippen LogP contribution in [-0.4, -0.2) is 12.2 Å². The molecule has 2 atom stereocenters. The van der Waals surface area contributed by atoms with Crippen molar-refractivity contribution in [3.8, 4) is 0 Å². The number of rotatable bonds is 46. The van der Waals surface area contributed by atoms with E-state index in [4.69, 9.17) is 4.74 Å². The van der Waals surface area contributed by atoms with Crippen molar-refractivity contribution in [3.05, 3.63) is 25.3 Å². The molecule has 2 unspecified atom stereocenters. The zero-order valence-corrected chi connectivity index (χ0v) is 35.8. The molecule has 1 nitrogen and oxygen atoms in total. The maximum atomic E-state index is 6.39. The molecular formula is C50H98O. The highest BCUT2D eigenvalue weighted by Crippen LogP contribution is 2.19. The fraction of sp³-hybridized carbons (Fsp3) is 0.920. The lowest BCUT2D eigenvalue weighted by atomic mass is 10.0. The minimum Gasteiger partial charge on any atom is -0.367 e. The molecule has 0 heterocycles. The van der Waals surface area contributed by atoms with Gasteiger partial charge in [-0.05, 0) is 12.8 Å². The van der Waals surface area contributed by atoms with E-state index in [1.807, 2.05) is 12.2 Å². The molecule has 0 aliphatic rings. The van der Waals surface area contributed by atoms with Crippen molar-refractivity contribution in [3.63, 3.8) is 0 Å². The van der Waals surface area contributed by atoms with E-state index in [1.54, 1.807) is 0 Å². The first kappa shape index (κ1) is 50.4. The summed E-state index contributed by atoms with van der Waals surface area (Å²) in [4.78, 5) is 0. The SMILES string of the molecule is C=CC(CCCCCCCCCCCCCCCCCCCCCC)OC(C=C)CCCCCCCCCCCCCCCCCCCCCC. The third-order valence-electron chi connectivity index (χ3n) is 11.6. The van der Waals surface area contributed by atoms with E-state index >= 15 is 0 Å². The average molecular weight is 715 g/mol. The summed E-state index contributed by atoms with van der Waals surface area (Å²) in [5, 5.41) is 0. The molecule has 0 radical (unpaired) electrons. The van der Waals surface area contributed by atoms with E-state index in [0.717, 1.165) is 12.8 Å². The number of hydrogen-bond donors (Lipinski definition) is 0. The normalized spacial score (nSPS) is 12.7. The summed E-state index contributed by atoms with van der Waals surface area (Å²) in [6, 6.07) is 0. The van der Waals surface area contributed by atoms with Crippen LogP contribution in [0.2, 0.25) is 0 Å². The standard InChI is InChI=1S/C50H98O/c1-5-9-11-13-15-17-19-21-23-25-27-29-31-33-35-37-39-41-43-45-47-49(7-3)51-50(8-4)48-46-44-42-40-38-36-34-32-30-28-26-24-22-20-18-16-14-12-10-6-2/h7-8,49-50H,3-6,9-48H2,1-2H3. The smallest absolute Gasteiger partial charge is 0.0761 e. The molecule has 0 rings (SSSR count).